The van der Waals surface area contributed by atoms with Gasteiger partial charge in [-0.05, 0) is 23.3 Å². The van der Waals surface area contributed by atoms with E-state index in [0.717, 1.165) is 60.4 Å². The van der Waals surface area contributed by atoms with E-state index >= 15 is 0 Å². The summed E-state index contributed by atoms with van der Waals surface area (Å²) in [6.07, 6.45) is 1.08. The minimum absolute atomic E-state index is 0.115. The van der Waals surface area contributed by atoms with Crippen LogP contribution in [0.1, 0.15) is 22.4 Å². The molecular weight excluding hydrogens is 454 g/mol. The number of nitrogens with zero attached hydrogens (tertiary/aromatic N) is 5. The first-order chi connectivity index (χ1) is 17.6. The van der Waals surface area contributed by atoms with Gasteiger partial charge in [-0.2, -0.15) is 4.98 Å². The lowest BCUT2D eigenvalue weighted by Gasteiger charge is -2.35. The van der Waals surface area contributed by atoms with Gasteiger partial charge in [-0.1, -0.05) is 42.5 Å². The number of rotatable bonds is 7. The van der Waals surface area contributed by atoms with Gasteiger partial charge >= 0.3 is 0 Å². The molecule has 1 saturated heterocycles. The summed E-state index contributed by atoms with van der Waals surface area (Å²) in [5.74, 6) is 2.56. The van der Waals surface area contributed by atoms with Crippen LogP contribution in [0.25, 0.3) is 0 Å². The van der Waals surface area contributed by atoms with Crippen LogP contribution in [0.4, 0.5) is 11.8 Å². The average molecular weight is 488 g/mol. The highest BCUT2D eigenvalue weighted by Crippen LogP contribution is 2.30. The van der Waals surface area contributed by atoms with Crippen molar-refractivity contribution >= 4 is 17.7 Å². The molecule has 0 atom stereocenters. The third kappa shape index (κ3) is 5.44. The van der Waals surface area contributed by atoms with Crippen LogP contribution in [0.5, 0.6) is 5.75 Å². The van der Waals surface area contributed by atoms with Crippen molar-refractivity contribution in [2.75, 3.05) is 56.8 Å². The molecule has 0 aliphatic carbocycles. The summed E-state index contributed by atoms with van der Waals surface area (Å²) in [5.41, 5.74) is 4.29. The molecular formula is C28H33N5O3. The van der Waals surface area contributed by atoms with Gasteiger partial charge in [-0.3, -0.25) is 4.79 Å². The lowest BCUT2D eigenvalue weighted by atomic mass is 10.0. The number of carbonyl (C=O) groups is 1. The van der Waals surface area contributed by atoms with Gasteiger partial charge in [0.25, 0.3) is 0 Å². The average Bonchev–Trinajstić information content (AvgIpc) is 2.93. The standard InChI is InChI=1S/C28H33N5O3/c1-31(19-22-6-4-3-5-7-22)28-29-25-12-13-33(26(34)18-21-8-10-23(35-2)11-9-21)20-24(25)27(30-28)32-14-16-36-17-15-32/h3-11H,12-20H2,1-2H3. The van der Waals surface area contributed by atoms with E-state index in [2.05, 4.69) is 21.9 Å². The molecule has 1 fully saturated rings. The maximum absolute atomic E-state index is 13.2. The molecule has 3 heterocycles. The van der Waals surface area contributed by atoms with Gasteiger partial charge in [0, 0.05) is 45.2 Å². The van der Waals surface area contributed by atoms with E-state index in [4.69, 9.17) is 19.4 Å². The normalized spacial score (nSPS) is 15.4. The van der Waals surface area contributed by atoms with Crippen molar-refractivity contribution in [3.05, 3.63) is 77.0 Å². The van der Waals surface area contributed by atoms with Crippen molar-refractivity contribution in [3.8, 4) is 5.75 Å². The van der Waals surface area contributed by atoms with Crippen LogP contribution in [-0.4, -0.2) is 67.8 Å². The van der Waals surface area contributed by atoms with E-state index in [1.807, 2.05) is 54.4 Å². The molecule has 1 amide bonds. The number of carbonyl (C=O) groups excluding carboxylic acids is 1. The van der Waals surface area contributed by atoms with Crippen molar-refractivity contribution in [2.24, 2.45) is 0 Å². The monoisotopic (exact) mass is 487 g/mol. The number of ether oxygens (including phenoxy) is 2. The Labute approximate surface area is 212 Å². The number of hydrogen-bond acceptors (Lipinski definition) is 7. The molecule has 2 aromatic carbocycles. The summed E-state index contributed by atoms with van der Waals surface area (Å²) in [6, 6.07) is 18.0. The molecule has 8 nitrogen and oxygen atoms in total. The molecule has 2 aliphatic rings. The molecule has 0 radical (unpaired) electrons. The number of methoxy groups -OCH3 is 1. The zero-order valence-corrected chi connectivity index (χ0v) is 21.0. The summed E-state index contributed by atoms with van der Waals surface area (Å²) >= 11 is 0. The van der Waals surface area contributed by atoms with Crippen molar-refractivity contribution < 1.29 is 14.3 Å². The minimum atomic E-state index is 0.115. The summed E-state index contributed by atoms with van der Waals surface area (Å²) in [5, 5.41) is 0. The molecule has 0 N–H and O–H groups in total. The molecule has 36 heavy (non-hydrogen) atoms. The number of aromatic nitrogens is 2. The van der Waals surface area contributed by atoms with Crippen LogP contribution in [0.2, 0.25) is 0 Å². The molecule has 5 rings (SSSR count). The van der Waals surface area contributed by atoms with Crippen LogP contribution in [0.15, 0.2) is 54.6 Å². The van der Waals surface area contributed by atoms with Crippen molar-refractivity contribution in [1.29, 1.82) is 0 Å². The Kier molecular flexibility index (Phi) is 7.32. The zero-order valence-electron chi connectivity index (χ0n) is 21.0. The fraction of sp³-hybridized carbons (Fsp3) is 0.393. The number of hydrogen-bond donors (Lipinski definition) is 0. The third-order valence-electron chi connectivity index (χ3n) is 6.81. The van der Waals surface area contributed by atoms with Crippen LogP contribution in [0, 0.1) is 0 Å². The Bertz CT molecular complexity index is 1180. The lowest BCUT2D eigenvalue weighted by molar-refractivity contribution is -0.131. The van der Waals surface area contributed by atoms with Gasteiger partial charge < -0.3 is 24.2 Å². The number of anilines is 2. The second-order valence-corrected chi connectivity index (χ2v) is 9.30. The molecule has 0 bridgehead atoms. The zero-order chi connectivity index (χ0) is 24.9. The predicted octanol–water partition coefficient (Wildman–Crippen LogP) is 3.09. The largest absolute Gasteiger partial charge is 0.497 e. The minimum Gasteiger partial charge on any atom is -0.497 e. The van der Waals surface area contributed by atoms with Crippen molar-refractivity contribution in [1.82, 2.24) is 14.9 Å². The van der Waals surface area contributed by atoms with E-state index in [1.165, 1.54) is 5.56 Å². The van der Waals surface area contributed by atoms with Crippen LogP contribution in [-0.2, 0) is 35.5 Å². The van der Waals surface area contributed by atoms with Gasteiger partial charge in [0.1, 0.15) is 11.6 Å². The SMILES string of the molecule is COc1ccc(CC(=O)N2CCc3nc(N(C)Cc4ccccc4)nc(N4CCOCC4)c3C2)cc1. The summed E-state index contributed by atoms with van der Waals surface area (Å²) < 4.78 is 10.8. The van der Waals surface area contributed by atoms with Gasteiger partial charge in [-0.15, -0.1) is 0 Å². The van der Waals surface area contributed by atoms with E-state index in [9.17, 15) is 4.79 Å². The van der Waals surface area contributed by atoms with Gasteiger partial charge in [0.15, 0.2) is 0 Å². The first-order valence-electron chi connectivity index (χ1n) is 12.5. The van der Waals surface area contributed by atoms with Gasteiger partial charge in [-0.25, -0.2) is 4.98 Å². The quantitative estimate of drug-likeness (QED) is 0.507. The Morgan fingerprint density at radius 1 is 1.00 bits per heavy atom. The van der Waals surface area contributed by atoms with Crippen LogP contribution < -0.4 is 14.5 Å². The van der Waals surface area contributed by atoms with Gasteiger partial charge in [0.05, 0.1) is 39.0 Å². The molecule has 8 heteroatoms. The highest BCUT2D eigenvalue weighted by atomic mass is 16.5. The fourth-order valence-electron chi connectivity index (χ4n) is 4.76. The summed E-state index contributed by atoms with van der Waals surface area (Å²) in [7, 11) is 3.68. The van der Waals surface area contributed by atoms with Crippen LogP contribution in [0.3, 0.4) is 0 Å². The maximum atomic E-state index is 13.2. The van der Waals surface area contributed by atoms with E-state index in [0.29, 0.717) is 32.7 Å². The van der Waals surface area contributed by atoms with E-state index in [-0.39, 0.29) is 5.91 Å². The Morgan fingerprint density at radius 2 is 1.75 bits per heavy atom. The Hall–Kier alpha value is -3.65. The number of fused-ring (bicyclic) bond motifs is 1. The predicted molar refractivity (Wildman–Crippen MR) is 139 cm³/mol. The second kappa shape index (κ2) is 11.0. The van der Waals surface area contributed by atoms with Crippen molar-refractivity contribution in [2.45, 2.75) is 25.9 Å². The molecule has 188 valence electrons. The third-order valence-corrected chi connectivity index (χ3v) is 6.81. The highest BCUT2D eigenvalue weighted by molar-refractivity contribution is 5.79. The number of morpholine rings is 1. The summed E-state index contributed by atoms with van der Waals surface area (Å²) in [4.78, 5) is 29.5. The smallest absolute Gasteiger partial charge is 0.227 e. The van der Waals surface area contributed by atoms with Gasteiger partial charge in [0.2, 0.25) is 11.9 Å². The first kappa shape index (κ1) is 24.1. The second-order valence-electron chi connectivity index (χ2n) is 9.30. The Morgan fingerprint density at radius 3 is 2.47 bits per heavy atom. The maximum Gasteiger partial charge on any atom is 0.227 e. The lowest BCUT2D eigenvalue weighted by Crippen LogP contribution is -2.42. The van der Waals surface area contributed by atoms with Crippen LogP contribution >= 0.6 is 0 Å². The van der Waals surface area contributed by atoms with Crippen molar-refractivity contribution in [3.63, 3.8) is 0 Å². The molecule has 2 aliphatic heterocycles. The summed E-state index contributed by atoms with van der Waals surface area (Å²) in [6.45, 7) is 4.83. The topological polar surface area (TPSA) is 71.0 Å². The molecule has 0 saturated carbocycles. The number of benzene rings is 2. The highest BCUT2D eigenvalue weighted by Gasteiger charge is 2.29. The first-order valence-corrected chi connectivity index (χ1v) is 12.5. The molecule has 1 aromatic heterocycles. The fourth-order valence-corrected chi connectivity index (χ4v) is 4.76. The van der Waals surface area contributed by atoms with E-state index < -0.39 is 0 Å². The molecule has 0 spiro atoms. The number of amides is 1. The Balaban J connectivity index is 1.38. The molecule has 3 aromatic rings. The van der Waals surface area contributed by atoms with E-state index in [1.54, 1.807) is 7.11 Å². The molecule has 0 unspecified atom stereocenters.